The molecule has 0 aliphatic heterocycles. The minimum absolute atomic E-state index is 0.474. The number of carbonyl (C=O) groups is 2. The molecule has 0 saturated heterocycles. The van der Waals surface area contributed by atoms with Gasteiger partial charge in [0.25, 0.3) is 0 Å². The highest BCUT2D eigenvalue weighted by Crippen LogP contribution is 2.21. The van der Waals surface area contributed by atoms with Gasteiger partial charge >= 0.3 is 6.09 Å². The highest BCUT2D eigenvalue weighted by atomic mass is 16.6. The lowest BCUT2D eigenvalue weighted by atomic mass is 10.0. The SMILES string of the molecule is Cc1ccc(NC(=O)OC(C)(C)C)c(C=O)c1C. The molecule has 1 aromatic rings. The molecule has 4 nitrogen and oxygen atoms in total. The highest BCUT2D eigenvalue weighted by molar-refractivity contribution is 5.94. The Kier molecular flexibility index (Phi) is 4.11. The number of rotatable bonds is 2. The third kappa shape index (κ3) is 3.58. The lowest BCUT2D eigenvalue weighted by Gasteiger charge is -2.20. The first-order valence-electron chi connectivity index (χ1n) is 5.80. The third-order valence-electron chi connectivity index (χ3n) is 2.54. The topological polar surface area (TPSA) is 55.4 Å². The molecular formula is C14H19NO3. The largest absolute Gasteiger partial charge is 0.444 e. The lowest BCUT2D eigenvalue weighted by molar-refractivity contribution is 0.0636. The number of ether oxygens (including phenoxy) is 1. The molecule has 1 aromatic carbocycles. The Balaban J connectivity index is 2.95. The van der Waals surface area contributed by atoms with Crippen LogP contribution in [-0.4, -0.2) is 18.0 Å². The van der Waals surface area contributed by atoms with Crippen LogP contribution in [0.5, 0.6) is 0 Å². The summed E-state index contributed by atoms with van der Waals surface area (Å²) < 4.78 is 5.15. The molecule has 0 aromatic heterocycles. The van der Waals surface area contributed by atoms with Gasteiger partial charge in [-0.3, -0.25) is 10.1 Å². The maximum atomic E-state index is 11.6. The number of hydrogen-bond donors (Lipinski definition) is 1. The summed E-state index contributed by atoms with van der Waals surface area (Å²) in [5.74, 6) is 0. The first-order valence-corrected chi connectivity index (χ1v) is 5.80. The lowest BCUT2D eigenvalue weighted by Crippen LogP contribution is -2.27. The number of anilines is 1. The summed E-state index contributed by atoms with van der Waals surface area (Å²) in [4.78, 5) is 22.7. The molecule has 0 spiro atoms. The van der Waals surface area contributed by atoms with E-state index in [0.717, 1.165) is 17.4 Å². The molecule has 0 saturated carbocycles. The normalized spacial score (nSPS) is 10.9. The number of nitrogens with one attached hydrogen (secondary N) is 1. The molecule has 0 aliphatic carbocycles. The molecule has 18 heavy (non-hydrogen) atoms. The zero-order valence-corrected chi connectivity index (χ0v) is 11.5. The van der Waals surface area contributed by atoms with Gasteiger partial charge in [0, 0.05) is 5.56 Å². The van der Waals surface area contributed by atoms with Crippen molar-refractivity contribution in [2.75, 3.05) is 5.32 Å². The van der Waals surface area contributed by atoms with E-state index in [4.69, 9.17) is 4.74 Å². The van der Waals surface area contributed by atoms with Gasteiger partial charge in [-0.2, -0.15) is 0 Å². The van der Waals surface area contributed by atoms with Crippen molar-refractivity contribution in [3.05, 3.63) is 28.8 Å². The molecule has 0 fully saturated rings. The smallest absolute Gasteiger partial charge is 0.412 e. The van der Waals surface area contributed by atoms with Crippen molar-refractivity contribution >= 4 is 18.1 Å². The molecule has 1 N–H and O–H groups in total. The first-order chi connectivity index (χ1) is 8.24. The fourth-order valence-corrected chi connectivity index (χ4v) is 1.51. The number of carbonyl (C=O) groups excluding carboxylic acids is 2. The van der Waals surface area contributed by atoms with Crippen LogP contribution in [0.3, 0.4) is 0 Å². The van der Waals surface area contributed by atoms with Crippen LogP contribution < -0.4 is 5.32 Å². The minimum atomic E-state index is -0.564. The number of amides is 1. The molecule has 4 heteroatoms. The molecular weight excluding hydrogens is 230 g/mol. The molecule has 0 heterocycles. The summed E-state index contributed by atoms with van der Waals surface area (Å²) in [5, 5.41) is 2.59. The van der Waals surface area contributed by atoms with E-state index in [9.17, 15) is 9.59 Å². The maximum absolute atomic E-state index is 11.6. The molecule has 0 atom stereocenters. The van der Waals surface area contributed by atoms with Crippen molar-refractivity contribution in [1.82, 2.24) is 0 Å². The molecule has 1 rings (SSSR count). The first kappa shape index (κ1) is 14.2. The Morgan fingerprint density at radius 2 is 1.89 bits per heavy atom. The molecule has 0 bridgehead atoms. The Hall–Kier alpha value is -1.84. The molecule has 0 aliphatic rings. The van der Waals surface area contributed by atoms with Gasteiger partial charge in [0.1, 0.15) is 5.60 Å². The summed E-state index contributed by atoms with van der Waals surface area (Å²) >= 11 is 0. The second-order valence-corrected chi connectivity index (χ2v) is 5.21. The van der Waals surface area contributed by atoms with Gasteiger partial charge < -0.3 is 4.74 Å². The van der Waals surface area contributed by atoms with Crippen molar-refractivity contribution in [1.29, 1.82) is 0 Å². The maximum Gasteiger partial charge on any atom is 0.412 e. The number of aldehydes is 1. The minimum Gasteiger partial charge on any atom is -0.444 e. The van der Waals surface area contributed by atoms with Crippen LogP contribution in [0.15, 0.2) is 12.1 Å². The van der Waals surface area contributed by atoms with E-state index >= 15 is 0 Å². The van der Waals surface area contributed by atoms with Gasteiger partial charge in [0.05, 0.1) is 5.69 Å². The Bertz CT molecular complexity index is 473. The summed E-state index contributed by atoms with van der Waals surface area (Å²) in [6.07, 6.45) is 0.184. The molecule has 1 amide bonds. The predicted octanol–water partition coefficient (Wildman–Crippen LogP) is 3.46. The number of aryl methyl sites for hydroxylation is 1. The van der Waals surface area contributed by atoms with Crippen molar-refractivity contribution in [2.45, 2.75) is 40.2 Å². The van der Waals surface area contributed by atoms with E-state index in [-0.39, 0.29) is 0 Å². The summed E-state index contributed by atoms with van der Waals surface area (Å²) in [6.45, 7) is 9.12. The van der Waals surface area contributed by atoms with Crippen LogP contribution in [0.4, 0.5) is 10.5 Å². The van der Waals surface area contributed by atoms with Crippen molar-refractivity contribution in [2.24, 2.45) is 0 Å². The number of benzene rings is 1. The Morgan fingerprint density at radius 1 is 1.28 bits per heavy atom. The average molecular weight is 249 g/mol. The monoisotopic (exact) mass is 249 g/mol. The van der Waals surface area contributed by atoms with Crippen LogP contribution in [-0.2, 0) is 4.74 Å². The molecule has 98 valence electrons. The van der Waals surface area contributed by atoms with E-state index in [1.54, 1.807) is 26.8 Å². The van der Waals surface area contributed by atoms with Crippen LogP contribution in [0.1, 0.15) is 42.3 Å². The van der Waals surface area contributed by atoms with Crippen LogP contribution in [0.25, 0.3) is 0 Å². The van der Waals surface area contributed by atoms with E-state index < -0.39 is 11.7 Å². The van der Waals surface area contributed by atoms with Gasteiger partial charge in [-0.25, -0.2) is 4.79 Å². The zero-order valence-electron chi connectivity index (χ0n) is 11.5. The third-order valence-corrected chi connectivity index (χ3v) is 2.54. The Labute approximate surface area is 107 Å². The second-order valence-electron chi connectivity index (χ2n) is 5.21. The second kappa shape index (κ2) is 5.21. The van der Waals surface area contributed by atoms with Crippen molar-refractivity contribution < 1.29 is 14.3 Å². The zero-order chi connectivity index (χ0) is 13.9. The highest BCUT2D eigenvalue weighted by Gasteiger charge is 2.17. The average Bonchev–Trinajstić information content (AvgIpc) is 2.21. The Morgan fingerprint density at radius 3 is 2.39 bits per heavy atom. The van der Waals surface area contributed by atoms with Gasteiger partial charge in [-0.1, -0.05) is 6.07 Å². The van der Waals surface area contributed by atoms with Crippen molar-refractivity contribution in [3.8, 4) is 0 Å². The van der Waals surface area contributed by atoms with E-state index in [1.807, 2.05) is 19.9 Å². The number of hydrogen-bond acceptors (Lipinski definition) is 3. The van der Waals surface area contributed by atoms with Gasteiger partial charge in [0.15, 0.2) is 6.29 Å². The van der Waals surface area contributed by atoms with Gasteiger partial charge in [-0.15, -0.1) is 0 Å². The van der Waals surface area contributed by atoms with Crippen molar-refractivity contribution in [3.63, 3.8) is 0 Å². The van der Waals surface area contributed by atoms with Crippen LogP contribution in [0.2, 0.25) is 0 Å². The van der Waals surface area contributed by atoms with E-state index in [2.05, 4.69) is 5.32 Å². The summed E-state index contributed by atoms with van der Waals surface area (Å²) in [7, 11) is 0. The van der Waals surface area contributed by atoms with E-state index in [0.29, 0.717) is 11.3 Å². The van der Waals surface area contributed by atoms with Crippen LogP contribution in [0, 0.1) is 13.8 Å². The molecule has 0 radical (unpaired) electrons. The van der Waals surface area contributed by atoms with Crippen LogP contribution >= 0.6 is 0 Å². The quantitative estimate of drug-likeness (QED) is 0.816. The van der Waals surface area contributed by atoms with Gasteiger partial charge in [0.2, 0.25) is 0 Å². The fraction of sp³-hybridized carbons (Fsp3) is 0.429. The standard InChI is InChI=1S/C14H19NO3/c1-9-6-7-12(11(8-16)10(9)2)15-13(17)18-14(3,4)5/h6-8H,1-5H3,(H,15,17). The fourth-order valence-electron chi connectivity index (χ4n) is 1.51. The van der Waals surface area contributed by atoms with Gasteiger partial charge in [-0.05, 0) is 51.8 Å². The summed E-state index contributed by atoms with van der Waals surface area (Å²) in [6, 6.07) is 3.56. The van der Waals surface area contributed by atoms with E-state index in [1.165, 1.54) is 0 Å². The predicted molar refractivity (Wildman–Crippen MR) is 71.2 cm³/mol. The molecule has 0 unspecified atom stereocenters. The summed E-state index contributed by atoms with van der Waals surface area (Å²) in [5.41, 5.74) is 2.26.